The molecule has 1 saturated carbocycles. The van der Waals surface area contributed by atoms with Gasteiger partial charge in [0, 0.05) is 18.6 Å². The highest BCUT2D eigenvalue weighted by atomic mass is 16.4. The predicted molar refractivity (Wildman–Crippen MR) is 75.7 cm³/mol. The zero-order valence-electron chi connectivity index (χ0n) is 12.5. The highest BCUT2D eigenvalue weighted by Gasteiger charge is 2.33. The van der Waals surface area contributed by atoms with Crippen LogP contribution in [0.3, 0.4) is 0 Å². The summed E-state index contributed by atoms with van der Waals surface area (Å²) in [5.74, 6) is -1.36. The third-order valence-electron chi connectivity index (χ3n) is 4.14. The molecule has 7 heteroatoms. The SMILES string of the molecule is CC(NC(=O)N1CCC(C(=O)O)CC1C)C(=O)NC1CC1. The number of amides is 3. The molecule has 0 radical (unpaired) electrons. The molecule has 2 rings (SSSR count). The average Bonchev–Trinajstić information content (AvgIpc) is 3.21. The molecule has 3 amide bonds. The molecule has 0 bridgehead atoms. The van der Waals surface area contributed by atoms with E-state index in [0.717, 1.165) is 12.8 Å². The lowest BCUT2D eigenvalue weighted by atomic mass is 9.92. The van der Waals surface area contributed by atoms with Crippen LogP contribution in [0.1, 0.15) is 39.5 Å². The van der Waals surface area contributed by atoms with Crippen LogP contribution in [0.15, 0.2) is 0 Å². The highest BCUT2D eigenvalue weighted by molar-refractivity contribution is 5.87. The van der Waals surface area contributed by atoms with Gasteiger partial charge in [-0.3, -0.25) is 9.59 Å². The molecule has 21 heavy (non-hydrogen) atoms. The Morgan fingerprint density at radius 3 is 2.43 bits per heavy atom. The van der Waals surface area contributed by atoms with Gasteiger partial charge in [0.1, 0.15) is 6.04 Å². The number of carboxylic acid groups (broad SMARTS) is 1. The summed E-state index contributed by atoms with van der Waals surface area (Å²) >= 11 is 0. The first-order chi connectivity index (χ1) is 9.88. The number of likely N-dealkylation sites (tertiary alicyclic amines) is 1. The van der Waals surface area contributed by atoms with Crippen molar-refractivity contribution in [1.29, 1.82) is 0 Å². The van der Waals surface area contributed by atoms with E-state index in [4.69, 9.17) is 5.11 Å². The maximum atomic E-state index is 12.2. The first kappa shape index (κ1) is 15.6. The number of rotatable bonds is 4. The van der Waals surface area contributed by atoms with Crippen molar-refractivity contribution in [1.82, 2.24) is 15.5 Å². The number of nitrogens with one attached hydrogen (secondary N) is 2. The van der Waals surface area contributed by atoms with E-state index in [2.05, 4.69) is 10.6 Å². The van der Waals surface area contributed by atoms with Crippen molar-refractivity contribution in [2.24, 2.45) is 5.92 Å². The number of carbonyl (C=O) groups excluding carboxylic acids is 2. The Kier molecular flexibility index (Phi) is 4.69. The monoisotopic (exact) mass is 297 g/mol. The minimum Gasteiger partial charge on any atom is -0.481 e. The number of carbonyl (C=O) groups is 3. The molecular weight excluding hydrogens is 274 g/mol. The van der Waals surface area contributed by atoms with E-state index < -0.39 is 12.0 Å². The van der Waals surface area contributed by atoms with Crippen LogP contribution < -0.4 is 10.6 Å². The molecule has 2 fully saturated rings. The van der Waals surface area contributed by atoms with Crippen LogP contribution >= 0.6 is 0 Å². The van der Waals surface area contributed by atoms with Gasteiger partial charge in [0.2, 0.25) is 5.91 Å². The van der Waals surface area contributed by atoms with Crippen molar-refractivity contribution in [3.05, 3.63) is 0 Å². The summed E-state index contributed by atoms with van der Waals surface area (Å²) in [4.78, 5) is 36.6. The van der Waals surface area contributed by atoms with Gasteiger partial charge in [0.05, 0.1) is 5.92 Å². The van der Waals surface area contributed by atoms with Crippen molar-refractivity contribution in [3.63, 3.8) is 0 Å². The fourth-order valence-corrected chi connectivity index (χ4v) is 2.59. The molecule has 3 unspecified atom stereocenters. The number of urea groups is 1. The molecule has 1 aliphatic heterocycles. The van der Waals surface area contributed by atoms with Gasteiger partial charge in [-0.05, 0) is 39.5 Å². The minimum atomic E-state index is -0.806. The molecule has 3 atom stereocenters. The summed E-state index contributed by atoms with van der Waals surface area (Å²) in [6.45, 7) is 3.90. The summed E-state index contributed by atoms with van der Waals surface area (Å²) in [6, 6.07) is -0.757. The standard InChI is InChI=1S/C14H23N3O4/c1-8-7-10(13(19)20)5-6-17(8)14(21)15-9(2)12(18)16-11-3-4-11/h8-11H,3-7H2,1-2H3,(H,15,21)(H,16,18)(H,19,20). The van der Waals surface area contributed by atoms with E-state index in [-0.39, 0.29) is 29.9 Å². The lowest BCUT2D eigenvalue weighted by Crippen LogP contribution is -2.54. The molecule has 1 heterocycles. The number of nitrogens with zero attached hydrogens (tertiary/aromatic N) is 1. The third kappa shape index (κ3) is 4.09. The molecule has 1 aliphatic carbocycles. The predicted octanol–water partition coefficient (Wildman–Crippen LogP) is 0.548. The molecule has 0 aromatic carbocycles. The Morgan fingerprint density at radius 1 is 1.24 bits per heavy atom. The lowest BCUT2D eigenvalue weighted by molar-refractivity contribution is -0.143. The van der Waals surface area contributed by atoms with Crippen molar-refractivity contribution in [3.8, 4) is 0 Å². The van der Waals surface area contributed by atoms with Crippen LogP contribution in [0.5, 0.6) is 0 Å². The molecule has 1 saturated heterocycles. The van der Waals surface area contributed by atoms with E-state index in [1.807, 2.05) is 6.92 Å². The van der Waals surface area contributed by atoms with Gasteiger partial charge in [-0.1, -0.05) is 0 Å². The van der Waals surface area contributed by atoms with Gasteiger partial charge in [0.15, 0.2) is 0 Å². The zero-order chi connectivity index (χ0) is 15.6. The third-order valence-corrected chi connectivity index (χ3v) is 4.14. The summed E-state index contributed by atoms with van der Waals surface area (Å²) < 4.78 is 0. The van der Waals surface area contributed by atoms with Crippen molar-refractivity contribution < 1.29 is 19.5 Å². The average molecular weight is 297 g/mol. The van der Waals surface area contributed by atoms with Gasteiger partial charge in [-0.15, -0.1) is 0 Å². The zero-order valence-corrected chi connectivity index (χ0v) is 12.5. The fraction of sp³-hybridized carbons (Fsp3) is 0.786. The van der Waals surface area contributed by atoms with Crippen LogP contribution in [0.4, 0.5) is 4.79 Å². The first-order valence-electron chi connectivity index (χ1n) is 7.48. The van der Waals surface area contributed by atoms with Crippen LogP contribution in [0, 0.1) is 5.92 Å². The largest absolute Gasteiger partial charge is 0.481 e. The Hall–Kier alpha value is -1.79. The fourth-order valence-electron chi connectivity index (χ4n) is 2.59. The topological polar surface area (TPSA) is 98.7 Å². The number of hydrogen-bond donors (Lipinski definition) is 3. The number of aliphatic carboxylic acids is 1. The van der Waals surface area contributed by atoms with Crippen molar-refractivity contribution in [2.75, 3.05) is 6.54 Å². The molecule has 118 valence electrons. The smallest absolute Gasteiger partial charge is 0.318 e. The molecule has 3 N–H and O–H groups in total. The van der Waals surface area contributed by atoms with Crippen molar-refractivity contribution in [2.45, 2.75) is 57.7 Å². The van der Waals surface area contributed by atoms with Gasteiger partial charge in [0.25, 0.3) is 0 Å². The maximum Gasteiger partial charge on any atom is 0.318 e. The number of piperidine rings is 1. The second kappa shape index (κ2) is 6.32. The summed E-state index contributed by atoms with van der Waals surface area (Å²) in [5.41, 5.74) is 0. The minimum absolute atomic E-state index is 0.140. The molecule has 0 aromatic rings. The quantitative estimate of drug-likeness (QED) is 0.705. The van der Waals surface area contributed by atoms with Crippen LogP contribution in [-0.4, -0.2) is 52.6 Å². The molecule has 0 aromatic heterocycles. The Morgan fingerprint density at radius 2 is 1.90 bits per heavy atom. The molecule has 0 spiro atoms. The van der Waals surface area contributed by atoms with Crippen LogP contribution in [0.25, 0.3) is 0 Å². The van der Waals surface area contributed by atoms with Gasteiger partial charge >= 0.3 is 12.0 Å². The van der Waals surface area contributed by atoms with E-state index in [1.54, 1.807) is 11.8 Å². The lowest BCUT2D eigenvalue weighted by Gasteiger charge is -2.36. The first-order valence-corrected chi connectivity index (χ1v) is 7.48. The Bertz CT molecular complexity index is 436. The van der Waals surface area contributed by atoms with Crippen molar-refractivity contribution >= 4 is 17.9 Å². The second-order valence-electron chi connectivity index (χ2n) is 6.06. The van der Waals surface area contributed by atoms with E-state index in [9.17, 15) is 14.4 Å². The maximum absolute atomic E-state index is 12.2. The molecular formula is C14H23N3O4. The Balaban J connectivity index is 1.82. The van der Waals surface area contributed by atoms with Gasteiger partial charge in [-0.2, -0.15) is 0 Å². The summed E-state index contributed by atoms with van der Waals surface area (Å²) in [7, 11) is 0. The van der Waals surface area contributed by atoms with Gasteiger partial charge < -0.3 is 20.6 Å². The van der Waals surface area contributed by atoms with E-state index in [0.29, 0.717) is 19.4 Å². The molecule has 7 nitrogen and oxygen atoms in total. The van der Waals surface area contributed by atoms with E-state index in [1.165, 1.54) is 0 Å². The highest BCUT2D eigenvalue weighted by Crippen LogP contribution is 2.23. The number of carboxylic acids is 1. The van der Waals surface area contributed by atoms with Crippen LogP contribution in [-0.2, 0) is 9.59 Å². The summed E-state index contributed by atoms with van der Waals surface area (Å²) in [5, 5.41) is 14.5. The normalized spacial score (nSPS) is 26.9. The number of hydrogen-bond acceptors (Lipinski definition) is 3. The Labute approximate surface area is 124 Å². The summed E-state index contributed by atoms with van der Waals surface area (Å²) in [6.07, 6.45) is 2.92. The second-order valence-corrected chi connectivity index (χ2v) is 6.06. The van der Waals surface area contributed by atoms with Crippen LogP contribution in [0.2, 0.25) is 0 Å². The molecule has 2 aliphatic rings. The van der Waals surface area contributed by atoms with E-state index >= 15 is 0 Å². The van der Waals surface area contributed by atoms with Gasteiger partial charge in [-0.25, -0.2) is 4.79 Å².